The molecule has 0 unspecified atom stereocenters. The highest BCUT2D eigenvalue weighted by Crippen LogP contribution is 2.30. The number of nitrogens with one attached hydrogen (secondary N) is 3. The summed E-state index contributed by atoms with van der Waals surface area (Å²) in [6, 6.07) is 13.2. The standard InChI is InChI=1S/C24H27ClFN5O3/c1-15-22(31(29-23(15)32)17-6-4-3-5-7-17)28-24(33)27-21-14-30(10-11-34-2)13-18(21)16-8-9-20(26)19(25)12-16/h3-9,12,18,21H,10-11,13-14H2,1-2H3,(H,29,32)(H2,27,28,33)/t18-,21+/m1/s1. The first-order valence-electron chi connectivity index (χ1n) is 11.0. The molecule has 180 valence electrons. The molecule has 2 atom stereocenters. The van der Waals surface area contributed by atoms with Crippen molar-refractivity contribution in [3.63, 3.8) is 0 Å². The molecule has 8 nitrogen and oxygen atoms in total. The number of hydrogen-bond donors (Lipinski definition) is 3. The first kappa shape index (κ1) is 24.0. The quantitative estimate of drug-likeness (QED) is 0.475. The highest BCUT2D eigenvalue weighted by Gasteiger charge is 2.35. The molecule has 0 radical (unpaired) electrons. The van der Waals surface area contributed by atoms with Gasteiger partial charge in [-0.2, -0.15) is 0 Å². The van der Waals surface area contributed by atoms with Crippen LogP contribution < -0.4 is 16.2 Å². The normalized spacial score (nSPS) is 18.2. The number of H-pyrrole nitrogens is 1. The van der Waals surface area contributed by atoms with E-state index in [9.17, 15) is 14.0 Å². The number of amides is 2. The molecule has 1 aromatic heterocycles. The van der Waals surface area contributed by atoms with Crippen LogP contribution in [-0.4, -0.2) is 60.1 Å². The average Bonchev–Trinajstić information content (AvgIpc) is 3.35. The van der Waals surface area contributed by atoms with Crippen molar-refractivity contribution in [2.24, 2.45) is 0 Å². The number of rotatable bonds is 7. The number of nitrogens with zero attached hydrogens (tertiary/aromatic N) is 2. The van der Waals surface area contributed by atoms with E-state index in [4.69, 9.17) is 16.3 Å². The second-order valence-electron chi connectivity index (χ2n) is 8.32. The van der Waals surface area contributed by atoms with E-state index < -0.39 is 11.8 Å². The molecule has 0 saturated carbocycles. The summed E-state index contributed by atoms with van der Waals surface area (Å²) >= 11 is 6.02. The van der Waals surface area contributed by atoms with E-state index in [1.165, 1.54) is 6.07 Å². The van der Waals surface area contributed by atoms with Crippen molar-refractivity contribution in [2.75, 3.05) is 38.7 Å². The third kappa shape index (κ3) is 5.16. The molecule has 3 N–H and O–H groups in total. The van der Waals surface area contributed by atoms with Crippen molar-refractivity contribution < 1.29 is 13.9 Å². The van der Waals surface area contributed by atoms with E-state index in [-0.39, 0.29) is 22.5 Å². The van der Waals surface area contributed by atoms with Gasteiger partial charge in [0.2, 0.25) is 0 Å². The summed E-state index contributed by atoms with van der Waals surface area (Å²) in [6.07, 6.45) is 0. The van der Waals surface area contributed by atoms with E-state index >= 15 is 0 Å². The fraction of sp³-hybridized carbons (Fsp3) is 0.333. The number of benzene rings is 2. The van der Waals surface area contributed by atoms with Crippen molar-refractivity contribution in [2.45, 2.75) is 18.9 Å². The van der Waals surface area contributed by atoms with Crippen LogP contribution in [0, 0.1) is 12.7 Å². The van der Waals surface area contributed by atoms with Gasteiger partial charge in [0.25, 0.3) is 5.56 Å². The summed E-state index contributed by atoms with van der Waals surface area (Å²) in [5, 5.41) is 8.66. The second-order valence-corrected chi connectivity index (χ2v) is 8.73. The number of para-hydroxylation sites is 1. The molecule has 1 fully saturated rings. The molecule has 34 heavy (non-hydrogen) atoms. The zero-order chi connectivity index (χ0) is 24.2. The molecule has 2 heterocycles. The number of halogens is 2. The fourth-order valence-corrected chi connectivity index (χ4v) is 4.45. The first-order chi connectivity index (χ1) is 16.4. The number of ether oxygens (including phenoxy) is 1. The minimum atomic E-state index is -0.483. The number of anilines is 1. The smallest absolute Gasteiger partial charge is 0.320 e. The van der Waals surface area contributed by atoms with E-state index in [0.29, 0.717) is 43.3 Å². The number of carbonyl (C=O) groups excluding carboxylic acids is 1. The summed E-state index contributed by atoms with van der Waals surface area (Å²) in [6.45, 7) is 4.16. The topological polar surface area (TPSA) is 91.4 Å². The molecule has 2 amide bonds. The van der Waals surface area contributed by atoms with E-state index in [1.807, 2.05) is 30.3 Å². The minimum absolute atomic E-state index is 0.0471. The van der Waals surface area contributed by atoms with Crippen LogP contribution in [0.5, 0.6) is 0 Å². The van der Waals surface area contributed by atoms with Gasteiger partial charge in [-0.1, -0.05) is 35.9 Å². The maximum absolute atomic E-state index is 13.7. The number of likely N-dealkylation sites (tertiary alicyclic amines) is 1. The molecule has 1 saturated heterocycles. The summed E-state index contributed by atoms with van der Waals surface area (Å²) in [4.78, 5) is 27.5. The molecule has 0 bridgehead atoms. The number of aromatic amines is 1. The Bertz CT molecular complexity index is 1210. The third-order valence-electron chi connectivity index (χ3n) is 6.07. The lowest BCUT2D eigenvalue weighted by Gasteiger charge is -2.21. The monoisotopic (exact) mass is 487 g/mol. The van der Waals surface area contributed by atoms with Gasteiger partial charge in [-0.3, -0.25) is 20.1 Å². The van der Waals surface area contributed by atoms with Crippen LogP contribution in [0.3, 0.4) is 0 Å². The number of hydrogen-bond acceptors (Lipinski definition) is 4. The highest BCUT2D eigenvalue weighted by atomic mass is 35.5. The molecule has 4 rings (SSSR count). The molecule has 1 aliphatic heterocycles. The maximum Gasteiger partial charge on any atom is 0.320 e. The van der Waals surface area contributed by atoms with Crippen LogP contribution in [0.2, 0.25) is 5.02 Å². The Labute approximate surface area is 201 Å². The molecular formula is C24H27ClFN5O3. The van der Waals surface area contributed by atoms with E-state index in [1.54, 1.807) is 30.8 Å². The van der Waals surface area contributed by atoms with Crippen LogP contribution in [-0.2, 0) is 4.74 Å². The van der Waals surface area contributed by atoms with Gasteiger partial charge in [0, 0.05) is 32.7 Å². The van der Waals surface area contributed by atoms with Gasteiger partial charge in [0.15, 0.2) is 0 Å². The van der Waals surface area contributed by atoms with E-state index in [0.717, 1.165) is 5.56 Å². The van der Waals surface area contributed by atoms with Crippen molar-refractivity contribution >= 4 is 23.4 Å². The second kappa shape index (κ2) is 10.4. The zero-order valence-corrected chi connectivity index (χ0v) is 19.7. The molecule has 2 aromatic carbocycles. The average molecular weight is 488 g/mol. The van der Waals surface area contributed by atoms with Crippen molar-refractivity contribution in [1.29, 1.82) is 0 Å². The minimum Gasteiger partial charge on any atom is -0.383 e. The van der Waals surface area contributed by atoms with Crippen LogP contribution in [0.15, 0.2) is 53.3 Å². The third-order valence-corrected chi connectivity index (χ3v) is 6.36. The van der Waals surface area contributed by atoms with Gasteiger partial charge in [-0.05, 0) is 36.8 Å². The Morgan fingerprint density at radius 1 is 1.24 bits per heavy atom. The van der Waals surface area contributed by atoms with Crippen LogP contribution in [0.4, 0.5) is 15.0 Å². The Balaban J connectivity index is 1.55. The summed E-state index contributed by atoms with van der Waals surface area (Å²) < 4.78 is 20.5. The number of urea groups is 1. The molecule has 0 aliphatic carbocycles. The van der Waals surface area contributed by atoms with Gasteiger partial charge < -0.3 is 10.1 Å². The van der Waals surface area contributed by atoms with Crippen molar-refractivity contribution in [3.05, 3.63) is 80.9 Å². The first-order valence-corrected chi connectivity index (χ1v) is 11.4. The lowest BCUT2D eigenvalue weighted by atomic mass is 9.94. The number of carbonyl (C=O) groups is 1. The van der Waals surface area contributed by atoms with E-state index in [2.05, 4.69) is 20.6 Å². The Morgan fingerprint density at radius 2 is 2.00 bits per heavy atom. The largest absolute Gasteiger partial charge is 0.383 e. The zero-order valence-electron chi connectivity index (χ0n) is 19.0. The Morgan fingerprint density at radius 3 is 2.71 bits per heavy atom. The molecule has 3 aromatic rings. The summed E-state index contributed by atoms with van der Waals surface area (Å²) in [5.41, 5.74) is 1.67. The molecule has 10 heteroatoms. The Kier molecular flexibility index (Phi) is 7.35. The maximum atomic E-state index is 13.7. The lowest BCUT2D eigenvalue weighted by Crippen LogP contribution is -2.42. The van der Waals surface area contributed by atoms with Gasteiger partial charge in [-0.25, -0.2) is 13.9 Å². The molecule has 1 aliphatic rings. The summed E-state index contributed by atoms with van der Waals surface area (Å²) in [5.74, 6) is -0.211. The van der Waals surface area contributed by atoms with Gasteiger partial charge >= 0.3 is 6.03 Å². The van der Waals surface area contributed by atoms with Crippen molar-refractivity contribution in [1.82, 2.24) is 20.0 Å². The number of methoxy groups -OCH3 is 1. The Hall–Kier alpha value is -3.14. The molecule has 0 spiro atoms. The summed E-state index contributed by atoms with van der Waals surface area (Å²) in [7, 11) is 1.64. The van der Waals surface area contributed by atoms with Crippen LogP contribution in [0.1, 0.15) is 17.0 Å². The SMILES string of the molecule is COCCN1C[C@H](NC(=O)Nc2c(C)c(=O)[nH]n2-c2ccccc2)[C@@H](c2ccc(F)c(Cl)c2)C1. The van der Waals surface area contributed by atoms with Gasteiger partial charge in [0.1, 0.15) is 11.6 Å². The van der Waals surface area contributed by atoms with Gasteiger partial charge in [-0.15, -0.1) is 0 Å². The lowest BCUT2D eigenvalue weighted by molar-refractivity contribution is 0.159. The predicted molar refractivity (Wildman–Crippen MR) is 130 cm³/mol. The van der Waals surface area contributed by atoms with Crippen LogP contribution >= 0.6 is 11.6 Å². The number of aromatic nitrogens is 2. The van der Waals surface area contributed by atoms with Crippen molar-refractivity contribution in [3.8, 4) is 5.69 Å². The van der Waals surface area contributed by atoms with Crippen LogP contribution in [0.25, 0.3) is 5.69 Å². The predicted octanol–water partition coefficient (Wildman–Crippen LogP) is 3.50. The van der Waals surface area contributed by atoms with Gasteiger partial charge in [0.05, 0.1) is 28.9 Å². The molecular weight excluding hydrogens is 461 g/mol. The highest BCUT2D eigenvalue weighted by molar-refractivity contribution is 6.30. The fourth-order valence-electron chi connectivity index (χ4n) is 4.26.